The number of anilines is 2. The SMILES string of the molecule is CN=C(c1ccc(NC(=O)c2ccc(C(=O)Nc3ccc(C(=NC)N(C)C)cc3)c(Cl)c2)cc1)N(C)C. The molecule has 0 spiro atoms. The molecule has 9 heteroatoms. The summed E-state index contributed by atoms with van der Waals surface area (Å²) in [5, 5.41) is 5.87. The van der Waals surface area contributed by atoms with Crippen molar-refractivity contribution in [3.63, 3.8) is 0 Å². The van der Waals surface area contributed by atoms with Crippen molar-refractivity contribution in [2.24, 2.45) is 9.98 Å². The van der Waals surface area contributed by atoms with Gasteiger partial charge in [0.15, 0.2) is 0 Å². The summed E-state index contributed by atoms with van der Waals surface area (Å²) in [6, 6.07) is 19.4. The van der Waals surface area contributed by atoms with Crippen molar-refractivity contribution < 1.29 is 9.59 Å². The van der Waals surface area contributed by atoms with Crippen molar-refractivity contribution in [2.75, 3.05) is 52.9 Å². The largest absolute Gasteiger partial charge is 0.363 e. The van der Waals surface area contributed by atoms with Crippen LogP contribution in [0.15, 0.2) is 76.7 Å². The number of aliphatic imine (C=N–C) groups is 2. The van der Waals surface area contributed by atoms with E-state index in [-0.39, 0.29) is 22.4 Å². The minimum atomic E-state index is -0.369. The predicted octanol–water partition coefficient (Wildman–Crippen LogP) is 4.72. The van der Waals surface area contributed by atoms with Crippen LogP contribution in [-0.2, 0) is 0 Å². The smallest absolute Gasteiger partial charge is 0.257 e. The van der Waals surface area contributed by atoms with Crippen molar-refractivity contribution in [1.82, 2.24) is 9.80 Å². The molecule has 192 valence electrons. The van der Waals surface area contributed by atoms with E-state index in [0.717, 1.165) is 22.8 Å². The summed E-state index contributed by atoms with van der Waals surface area (Å²) in [6.07, 6.45) is 0. The zero-order valence-electron chi connectivity index (χ0n) is 21.8. The Balaban J connectivity index is 1.68. The van der Waals surface area contributed by atoms with Gasteiger partial charge in [0.1, 0.15) is 11.7 Å². The molecule has 0 bridgehead atoms. The van der Waals surface area contributed by atoms with Gasteiger partial charge in [0, 0.05) is 70.4 Å². The van der Waals surface area contributed by atoms with Gasteiger partial charge in [-0.15, -0.1) is 0 Å². The average Bonchev–Trinajstić information content (AvgIpc) is 2.86. The second kappa shape index (κ2) is 12.2. The normalized spacial score (nSPS) is 11.6. The van der Waals surface area contributed by atoms with Crippen LogP contribution in [0, 0.1) is 0 Å². The monoisotopic (exact) mass is 518 g/mol. The number of benzene rings is 3. The Kier molecular flexibility index (Phi) is 9.03. The highest BCUT2D eigenvalue weighted by molar-refractivity contribution is 6.35. The summed E-state index contributed by atoms with van der Waals surface area (Å²) in [5.41, 5.74) is 3.74. The maximum atomic E-state index is 12.8. The van der Waals surface area contributed by atoms with Gasteiger partial charge >= 0.3 is 0 Å². The van der Waals surface area contributed by atoms with E-state index in [9.17, 15) is 9.59 Å². The van der Waals surface area contributed by atoms with Crippen molar-refractivity contribution in [1.29, 1.82) is 0 Å². The minimum Gasteiger partial charge on any atom is -0.363 e. The molecule has 8 nitrogen and oxygen atoms in total. The molecule has 0 aliphatic carbocycles. The van der Waals surface area contributed by atoms with E-state index < -0.39 is 0 Å². The van der Waals surface area contributed by atoms with Crippen molar-refractivity contribution in [3.05, 3.63) is 94.0 Å². The molecule has 0 saturated heterocycles. The summed E-state index contributed by atoms with van der Waals surface area (Å²) >= 11 is 6.38. The van der Waals surface area contributed by atoms with Gasteiger partial charge in [-0.2, -0.15) is 0 Å². The second-order valence-electron chi connectivity index (χ2n) is 8.64. The average molecular weight is 519 g/mol. The molecular weight excluding hydrogens is 488 g/mol. The first-order valence-electron chi connectivity index (χ1n) is 11.6. The van der Waals surface area contributed by atoms with Gasteiger partial charge in [-0.3, -0.25) is 19.6 Å². The maximum absolute atomic E-state index is 12.8. The molecule has 2 amide bonds. The van der Waals surface area contributed by atoms with Crippen molar-refractivity contribution in [3.8, 4) is 0 Å². The van der Waals surface area contributed by atoms with Crippen molar-refractivity contribution >= 4 is 46.5 Å². The number of nitrogens with zero attached hydrogens (tertiary/aromatic N) is 4. The predicted molar refractivity (Wildman–Crippen MR) is 153 cm³/mol. The number of amides is 2. The first-order chi connectivity index (χ1) is 17.6. The van der Waals surface area contributed by atoms with E-state index in [1.54, 1.807) is 38.4 Å². The molecule has 0 aliphatic rings. The number of hydrogen-bond donors (Lipinski definition) is 2. The summed E-state index contributed by atoms with van der Waals surface area (Å²) < 4.78 is 0. The Bertz CT molecular complexity index is 1330. The molecule has 0 atom stereocenters. The van der Waals surface area contributed by atoms with Gasteiger partial charge in [-0.05, 0) is 66.7 Å². The van der Waals surface area contributed by atoms with Crippen LogP contribution < -0.4 is 10.6 Å². The van der Waals surface area contributed by atoms with E-state index >= 15 is 0 Å². The summed E-state index contributed by atoms with van der Waals surface area (Å²) in [5.74, 6) is 0.969. The highest BCUT2D eigenvalue weighted by Crippen LogP contribution is 2.21. The van der Waals surface area contributed by atoms with Gasteiger partial charge in [0.25, 0.3) is 11.8 Å². The molecule has 0 fully saturated rings. The molecule has 0 unspecified atom stereocenters. The quantitative estimate of drug-likeness (QED) is 0.365. The van der Waals surface area contributed by atoms with Crippen LogP contribution in [-0.4, -0.2) is 75.6 Å². The lowest BCUT2D eigenvalue weighted by atomic mass is 10.1. The molecule has 0 saturated carbocycles. The third kappa shape index (κ3) is 6.74. The van der Waals surface area contributed by atoms with E-state index in [0.29, 0.717) is 16.9 Å². The summed E-state index contributed by atoms with van der Waals surface area (Å²) in [4.78, 5) is 38.0. The van der Waals surface area contributed by atoms with Gasteiger partial charge in [0.05, 0.1) is 10.6 Å². The van der Waals surface area contributed by atoms with Gasteiger partial charge in [-0.1, -0.05) is 11.6 Å². The molecule has 0 aromatic heterocycles. The zero-order valence-corrected chi connectivity index (χ0v) is 22.6. The van der Waals surface area contributed by atoms with E-state index in [1.807, 2.05) is 74.4 Å². The highest BCUT2D eigenvalue weighted by atomic mass is 35.5. The molecule has 0 radical (unpaired) electrons. The van der Waals surface area contributed by atoms with Crippen LogP contribution in [0.25, 0.3) is 0 Å². The molecule has 0 heterocycles. The van der Waals surface area contributed by atoms with Crippen LogP contribution in [0.2, 0.25) is 5.02 Å². The second-order valence-corrected chi connectivity index (χ2v) is 9.05. The molecular formula is C28H31ClN6O2. The van der Waals surface area contributed by atoms with Crippen LogP contribution in [0.1, 0.15) is 31.8 Å². The first-order valence-corrected chi connectivity index (χ1v) is 11.9. The first kappa shape index (κ1) is 27.4. The topological polar surface area (TPSA) is 89.4 Å². The molecule has 2 N–H and O–H groups in total. The lowest BCUT2D eigenvalue weighted by molar-refractivity contribution is 0.101. The Labute approximate surface area is 222 Å². The third-order valence-electron chi connectivity index (χ3n) is 5.55. The Morgan fingerprint density at radius 3 is 1.43 bits per heavy atom. The lowest BCUT2D eigenvalue weighted by Crippen LogP contribution is -2.23. The van der Waals surface area contributed by atoms with Crippen LogP contribution in [0.5, 0.6) is 0 Å². The molecule has 0 aliphatic heterocycles. The number of carbonyl (C=O) groups is 2. The number of nitrogens with one attached hydrogen (secondary N) is 2. The van der Waals surface area contributed by atoms with Crippen LogP contribution in [0.3, 0.4) is 0 Å². The van der Waals surface area contributed by atoms with E-state index in [2.05, 4.69) is 20.6 Å². The Hall–Kier alpha value is -4.17. The fraction of sp³-hybridized carbons (Fsp3) is 0.214. The van der Waals surface area contributed by atoms with Gasteiger partial charge in [-0.25, -0.2) is 0 Å². The number of halogens is 1. The Morgan fingerprint density at radius 1 is 0.649 bits per heavy atom. The number of rotatable bonds is 6. The molecule has 3 rings (SSSR count). The van der Waals surface area contributed by atoms with Gasteiger partial charge in [0.2, 0.25) is 0 Å². The van der Waals surface area contributed by atoms with Crippen molar-refractivity contribution in [2.45, 2.75) is 0 Å². The number of carbonyl (C=O) groups excluding carboxylic acids is 2. The third-order valence-corrected chi connectivity index (χ3v) is 5.86. The van der Waals surface area contributed by atoms with E-state index in [4.69, 9.17) is 11.6 Å². The fourth-order valence-corrected chi connectivity index (χ4v) is 4.09. The Morgan fingerprint density at radius 2 is 1.05 bits per heavy atom. The molecule has 37 heavy (non-hydrogen) atoms. The molecule has 3 aromatic carbocycles. The number of hydrogen-bond acceptors (Lipinski definition) is 4. The zero-order chi connectivity index (χ0) is 27.1. The fourth-order valence-electron chi connectivity index (χ4n) is 3.82. The van der Waals surface area contributed by atoms with E-state index in [1.165, 1.54) is 6.07 Å². The van der Waals surface area contributed by atoms with Crippen LogP contribution >= 0.6 is 11.6 Å². The minimum absolute atomic E-state index is 0.180. The van der Waals surface area contributed by atoms with Crippen LogP contribution in [0.4, 0.5) is 11.4 Å². The standard InChI is InChI=1S/C28H31ClN6O2/c1-30-25(34(3)4)18-7-12-21(13-8-18)32-27(36)20-11-16-23(24(29)17-20)28(37)33-22-14-9-19(10-15-22)26(31-2)35(5)6/h7-17H,1-6H3,(H,32,36)(H,33,37). The van der Waals surface area contributed by atoms with Gasteiger partial charge < -0.3 is 20.4 Å². The maximum Gasteiger partial charge on any atom is 0.257 e. The lowest BCUT2D eigenvalue weighted by Gasteiger charge is -2.16. The summed E-state index contributed by atoms with van der Waals surface area (Å²) in [7, 11) is 11.1. The summed E-state index contributed by atoms with van der Waals surface area (Å²) in [6.45, 7) is 0. The number of amidine groups is 2. The molecule has 3 aromatic rings. The highest BCUT2D eigenvalue weighted by Gasteiger charge is 2.15.